The van der Waals surface area contributed by atoms with Crippen LogP contribution in [0.2, 0.25) is 0 Å². The lowest BCUT2D eigenvalue weighted by Crippen LogP contribution is -2.34. The van der Waals surface area contributed by atoms with E-state index in [1.807, 2.05) is 0 Å². The molecule has 0 radical (unpaired) electrons. The first kappa shape index (κ1) is 14.7. The van der Waals surface area contributed by atoms with E-state index in [1.165, 1.54) is 6.07 Å². The van der Waals surface area contributed by atoms with E-state index in [2.05, 4.69) is 10.0 Å². The fourth-order valence-electron chi connectivity index (χ4n) is 2.30. The standard InChI is InChI=1S/C12H12FN5O3/c13-9-1-3-17(4-2-9)11-6-10(15-16-14)8(7-19)5-12(11)18(20)21/h5-7,9H,1-4H2. The summed E-state index contributed by atoms with van der Waals surface area (Å²) in [6.07, 6.45) is 0.0488. The molecule has 0 bridgehead atoms. The molecule has 110 valence electrons. The zero-order chi connectivity index (χ0) is 15.4. The predicted octanol–water partition coefficient (Wildman–Crippen LogP) is 3.29. The second kappa shape index (κ2) is 6.19. The molecule has 1 aromatic rings. The van der Waals surface area contributed by atoms with Crippen LogP contribution in [0.3, 0.4) is 0 Å². The van der Waals surface area contributed by atoms with Crippen molar-refractivity contribution in [2.45, 2.75) is 19.0 Å². The molecule has 0 aromatic heterocycles. The molecule has 1 fully saturated rings. The van der Waals surface area contributed by atoms with Crippen LogP contribution in [0, 0.1) is 10.1 Å². The zero-order valence-electron chi connectivity index (χ0n) is 11.0. The summed E-state index contributed by atoms with van der Waals surface area (Å²) in [5.74, 6) is 0. The number of carbonyl (C=O) groups is 1. The van der Waals surface area contributed by atoms with Gasteiger partial charge in [-0.15, -0.1) is 0 Å². The van der Waals surface area contributed by atoms with Crippen LogP contribution in [0.1, 0.15) is 23.2 Å². The molecule has 1 saturated heterocycles. The SMILES string of the molecule is [N-]=[N+]=Nc1cc(N2CCC(F)CC2)c([N+](=O)[O-])cc1C=O. The Morgan fingerprint density at radius 1 is 1.48 bits per heavy atom. The second-order valence-electron chi connectivity index (χ2n) is 4.63. The molecule has 0 atom stereocenters. The summed E-state index contributed by atoms with van der Waals surface area (Å²) in [7, 11) is 0. The van der Waals surface area contributed by atoms with E-state index in [0.29, 0.717) is 19.4 Å². The minimum Gasteiger partial charge on any atom is -0.366 e. The highest BCUT2D eigenvalue weighted by Crippen LogP contribution is 2.36. The number of piperidine rings is 1. The Labute approximate surface area is 118 Å². The summed E-state index contributed by atoms with van der Waals surface area (Å²) < 4.78 is 13.2. The van der Waals surface area contributed by atoms with Gasteiger partial charge in [0.15, 0.2) is 6.29 Å². The van der Waals surface area contributed by atoms with Crippen molar-refractivity contribution in [1.29, 1.82) is 0 Å². The van der Waals surface area contributed by atoms with Gasteiger partial charge in [0.05, 0.1) is 10.6 Å². The van der Waals surface area contributed by atoms with Gasteiger partial charge in [0.2, 0.25) is 0 Å². The van der Waals surface area contributed by atoms with Crippen LogP contribution in [0.25, 0.3) is 10.4 Å². The third kappa shape index (κ3) is 3.09. The van der Waals surface area contributed by atoms with Gasteiger partial charge in [0.25, 0.3) is 5.69 Å². The Morgan fingerprint density at radius 3 is 2.67 bits per heavy atom. The van der Waals surface area contributed by atoms with Crippen molar-refractivity contribution in [3.05, 3.63) is 38.3 Å². The van der Waals surface area contributed by atoms with Gasteiger partial charge >= 0.3 is 0 Å². The Hall–Kier alpha value is -2.67. The number of nitrogens with zero attached hydrogens (tertiary/aromatic N) is 5. The van der Waals surface area contributed by atoms with Crippen molar-refractivity contribution in [2.75, 3.05) is 18.0 Å². The zero-order valence-corrected chi connectivity index (χ0v) is 11.0. The minimum atomic E-state index is -0.911. The van der Waals surface area contributed by atoms with Crippen molar-refractivity contribution >= 4 is 23.3 Å². The molecule has 1 aliphatic rings. The highest BCUT2D eigenvalue weighted by Gasteiger charge is 2.26. The quantitative estimate of drug-likeness (QED) is 0.212. The van der Waals surface area contributed by atoms with Crippen LogP contribution in [0.15, 0.2) is 17.2 Å². The summed E-state index contributed by atoms with van der Waals surface area (Å²) in [6.45, 7) is 0.663. The highest BCUT2D eigenvalue weighted by molar-refractivity contribution is 5.88. The molecule has 0 amide bonds. The van der Waals surface area contributed by atoms with E-state index >= 15 is 0 Å². The topological polar surface area (TPSA) is 112 Å². The average Bonchev–Trinajstić information content (AvgIpc) is 2.47. The van der Waals surface area contributed by atoms with Crippen molar-refractivity contribution in [2.24, 2.45) is 5.11 Å². The van der Waals surface area contributed by atoms with Crippen LogP contribution in [-0.2, 0) is 0 Å². The molecule has 1 heterocycles. The number of hydrogen-bond donors (Lipinski definition) is 0. The van der Waals surface area contributed by atoms with Gasteiger partial charge < -0.3 is 4.90 Å². The number of nitro benzene ring substituents is 1. The first-order valence-corrected chi connectivity index (χ1v) is 6.28. The molecule has 1 aromatic carbocycles. The smallest absolute Gasteiger partial charge is 0.293 e. The number of carbonyl (C=O) groups excluding carboxylic acids is 1. The molecular formula is C12H12FN5O3. The molecule has 0 aliphatic carbocycles. The van der Waals surface area contributed by atoms with Crippen LogP contribution >= 0.6 is 0 Å². The minimum absolute atomic E-state index is 0.0236. The largest absolute Gasteiger partial charge is 0.366 e. The van der Waals surface area contributed by atoms with Crippen molar-refractivity contribution in [3.8, 4) is 0 Å². The molecule has 2 rings (SSSR count). The normalized spacial score (nSPS) is 15.4. The number of nitro groups is 1. The number of anilines is 1. The fraction of sp³-hybridized carbons (Fsp3) is 0.417. The summed E-state index contributed by atoms with van der Waals surface area (Å²) in [5.41, 5.74) is 8.45. The molecule has 0 spiro atoms. The molecule has 21 heavy (non-hydrogen) atoms. The van der Waals surface area contributed by atoms with Gasteiger partial charge in [-0.25, -0.2) is 4.39 Å². The van der Waals surface area contributed by atoms with Gasteiger partial charge in [-0.2, -0.15) is 0 Å². The number of halogens is 1. The number of benzene rings is 1. The predicted molar refractivity (Wildman–Crippen MR) is 73.6 cm³/mol. The summed E-state index contributed by atoms with van der Waals surface area (Å²) in [6, 6.07) is 2.38. The maximum atomic E-state index is 13.2. The molecule has 8 nitrogen and oxygen atoms in total. The Bertz CT molecular complexity index is 622. The summed E-state index contributed by atoms with van der Waals surface area (Å²) in [5, 5.41) is 14.5. The van der Waals surface area contributed by atoms with Gasteiger partial charge in [-0.3, -0.25) is 14.9 Å². The van der Waals surface area contributed by atoms with Crippen LogP contribution < -0.4 is 4.90 Å². The van der Waals surface area contributed by atoms with Gasteiger partial charge in [-0.1, -0.05) is 5.11 Å². The summed E-state index contributed by atoms with van der Waals surface area (Å²) >= 11 is 0. The Kier molecular flexibility index (Phi) is 4.34. The Morgan fingerprint density at radius 2 is 2.14 bits per heavy atom. The van der Waals surface area contributed by atoms with Crippen molar-refractivity contribution in [1.82, 2.24) is 0 Å². The van der Waals surface area contributed by atoms with Gasteiger partial charge in [0.1, 0.15) is 11.9 Å². The van der Waals surface area contributed by atoms with E-state index in [4.69, 9.17) is 5.53 Å². The van der Waals surface area contributed by atoms with Crippen molar-refractivity contribution in [3.63, 3.8) is 0 Å². The first-order valence-electron chi connectivity index (χ1n) is 6.28. The monoisotopic (exact) mass is 293 g/mol. The van der Waals surface area contributed by atoms with E-state index in [9.17, 15) is 19.3 Å². The number of azide groups is 1. The van der Waals surface area contributed by atoms with E-state index in [1.54, 1.807) is 4.90 Å². The third-order valence-corrected chi connectivity index (χ3v) is 3.37. The molecule has 0 N–H and O–H groups in total. The van der Waals surface area contributed by atoms with Crippen LogP contribution in [0.5, 0.6) is 0 Å². The second-order valence-corrected chi connectivity index (χ2v) is 4.63. The maximum absolute atomic E-state index is 13.2. The maximum Gasteiger partial charge on any atom is 0.293 e. The lowest BCUT2D eigenvalue weighted by Gasteiger charge is -2.30. The van der Waals surface area contributed by atoms with Gasteiger partial charge in [-0.05, 0) is 24.4 Å². The lowest BCUT2D eigenvalue weighted by atomic mass is 10.1. The van der Waals surface area contributed by atoms with Crippen LogP contribution in [-0.4, -0.2) is 30.5 Å². The summed E-state index contributed by atoms with van der Waals surface area (Å²) in [4.78, 5) is 25.8. The van der Waals surface area contributed by atoms with Crippen LogP contribution in [0.4, 0.5) is 21.5 Å². The van der Waals surface area contributed by atoms with Gasteiger partial charge in [0, 0.05) is 29.6 Å². The van der Waals surface area contributed by atoms with E-state index in [0.717, 1.165) is 6.07 Å². The average molecular weight is 293 g/mol. The highest BCUT2D eigenvalue weighted by atomic mass is 19.1. The number of rotatable bonds is 4. The molecule has 0 saturated carbocycles. The van der Waals surface area contributed by atoms with E-state index in [-0.39, 0.29) is 35.5 Å². The number of aldehydes is 1. The third-order valence-electron chi connectivity index (χ3n) is 3.37. The fourth-order valence-corrected chi connectivity index (χ4v) is 2.30. The van der Waals surface area contributed by atoms with Crippen molar-refractivity contribution < 1.29 is 14.1 Å². The Balaban J connectivity index is 2.51. The number of hydrogen-bond acceptors (Lipinski definition) is 5. The van der Waals surface area contributed by atoms with E-state index < -0.39 is 11.1 Å². The first-order chi connectivity index (χ1) is 10.1. The number of alkyl halides is 1. The molecule has 0 unspecified atom stereocenters. The molecule has 9 heteroatoms. The molecule has 1 aliphatic heterocycles. The molecular weight excluding hydrogens is 281 g/mol. The lowest BCUT2D eigenvalue weighted by molar-refractivity contribution is -0.384.